The SMILES string of the molecule is C[Si](C)(C)CCOC(=O)N1CCc2nc(Cl)ncc2C1. The summed E-state index contributed by atoms with van der Waals surface area (Å²) in [6.07, 6.45) is 2.14. The molecule has 0 N–H and O–H groups in total. The number of hydrogen-bond acceptors (Lipinski definition) is 4. The van der Waals surface area contributed by atoms with Crippen LogP contribution in [-0.2, 0) is 17.7 Å². The van der Waals surface area contributed by atoms with Gasteiger partial charge < -0.3 is 9.64 Å². The van der Waals surface area contributed by atoms with Gasteiger partial charge >= 0.3 is 6.09 Å². The van der Waals surface area contributed by atoms with Crippen molar-refractivity contribution in [3.8, 4) is 0 Å². The number of nitrogens with zero attached hydrogens (tertiary/aromatic N) is 3. The third-order valence-corrected chi connectivity index (χ3v) is 5.13. The topological polar surface area (TPSA) is 55.3 Å². The van der Waals surface area contributed by atoms with Gasteiger partial charge in [-0.25, -0.2) is 14.8 Å². The molecule has 7 heteroatoms. The fourth-order valence-corrected chi connectivity index (χ4v) is 2.85. The molecule has 1 aromatic rings. The summed E-state index contributed by atoms with van der Waals surface area (Å²) < 4.78 is 5.35. The quantitative estimate of drug-likeness (QED) is 0.636. The predicted molar refractivity (Wildman–Crippen MR) is 80.7 cm³/mol. The van der Waals surface area contributed by atoms with E-state index in [-0.39, 0.29) is 11.4 Å². The smallest absolute Gasteiger partial charge is 0.410 e. The van der Waals surface area contributed by atoms with E-state index in [1.807, 2.05) is 0 Å². The molecule has 0 unspecified atom stereocenters. The normalized spacial score (nSPS) is 14.9. The minimum atomic E-state index is -1.17. The Balaban J connectivity index is 1.89. The summed E-state index contributed by atoms with van der Waals surface area (Å²) in [7, 11) is -1.17. The first-order valence-electron chi connectivity index (χ1n) is 6.77. The number of rotatable bonds is 3. The lowest BCUT2D eigenvalue weighted by Crippen LogP contribution is -2.37. The maximum Gasteiger partial charge on any atom is 0.410 e. The zero-order valence-corrected chi connectivity index (χ0v) is 13.9. The summed E-state index contributed by atoms with van der Waals surface area (Å²) in [6, 6.07) is 0.988. The standard InChI is InChI=1S/C13H20ClN3O2Si/c1-20(2,3)7-6-19-13(18)17-5-4-11-10(9-17)8-15-12(14)16-11/h8H,4-7,9H2,1-3H3. The number of fused-ring (bicyclic) bond motifs is 1. The predicted octanol–water partition coefficient (Wildman–Crippen LogP) is 2.96. The number of ether oxygens (including phenoxy) is 1. The first kappa shape index (κ1) is 15.2. The Bertz CT molecular complexity index is 505. The van der Waals surface area contributed by atoms with E-state index in [9.17, 15) is 4.79 Å². The molecule has 2 rings (SSSR count). The van der Waals surface area contributed by atoms with Crippen molar-refractivity contribution in [1.29, 1.82) is 0 Å². The van der Waals surface area contributed by atoms with Crippen LogP contribution in [-0.4, -0.2) is 42.2 Å². The summed E-state index contributed by atoms with van der Waals surface area (Å²) in [6.45, 7) is 8.41. The van der Waals surface area contributed by atoms with Gasteiger partial charge in [-0.1, -0.05) is 19.6 Å². The van der Waals surface area contributed by atoms with Crippen LogP contribution in [0.1, 0.15) is 11.3 Å². The summed E-state index contributed by atoms with van der Waals surface area (Å²) in [4.78, 5) is 21.9. The van der Waals surface area contributed by atoms with Gasteiger partial charge in [0.05, 0.1) is 18.8 Å². The van der Waals surface area contributed by atoms with Gasteiger partial charge in [-0.2, -0.15) is 0 Å². The zero-order chi connectivity index (χ0) is 14.8. The molecule has 0 bridgehead atoms. The molecule has 20 heavy (non-hydrogen) atoms. The van der Waals surface area contributed by atoms with Gasteiger partial charge in [0.15, 0.2) is 0 Å². The van der Waals surface area contributed by atoms with Crippen molar-refractivity contribution in [2.75, 3.05) is 13.2 Å². The number of carbonyl (C=O) groups excluding carboxylic acids is 1. The highest BCUT2D eigenvalue weighted by Gasteiger charge is 2.23. The Labute approximate surface area is 125 Å². The monoisotopic (exact) mass is 313 g/mol. The lowest BCUT2D eigenvalue weighted by Gasteiger charge is -2.27. The van der Waals surface area contributed by atoms with Gasteiger partial charge in [0.2, 0.25) is 5.28 Å². The Morgan fingerprint density at radius 1 is 1.50 bits per heavy atom. The molecule has 1 aliphatic rings. The van der Waals surface area contributed by atoms with Crippen molar-refractivity contribution >= 4 is 25.8 Å². The van der Waals surface area contributed by atoms with Crippen LogP contribution in [0.5, 0.6) is 0 Å². The van der Waals surface area contributed by atoms with E-state index in [1.165, 1.54) is 0 Å². The number of carbonyl (C=O) groups is 1. The maximum absolute atomic E-state index is 12.0. The van der Waals surface area contributed by atoms with Crippen molar-refractivity contribution in [2.24, 2.45) is 0 Å². The van der Waals surface area contributed by atoms with Crippen LogP contribution in [0.2, 0.25) is 31.0 Å². The third-order valence-electron chi connectivity index (χ3n) is 3.24. The Morgan fingerprint density at radius 2 is 2.25 bits per heavy atom. The second kappa shape index (κ2) is 6.09. The highest BCUT2D eigenvalue weighted by molar-refractivity contribution is 6.76. The molecule has 2 heterocycles. The first-order valence-corrected chi connectivity index (χ1v) is 10.9. The molecule has 110 valence electrons. The van der Waals surface area contributed by atoms with Gasteiger partial charge in [-0.3, -0.25) is 0 Å². The molecule has 1 aliphatic heterocycles. The molecule has 1 aromatic heterocycles. The molecule has 0 aliphatic carbocycles. The Kier molecular flexibility index (Phi) is 4.65. The highest BCUT2D eigenvalue weighted by atomic mass is 35.5. The molecule has 0 aromatic carbocycles. The lowest BCUT2D eigenvalue weighted by atomic mass is 10.1. The molecule has 1 amide bonds. The van der Waals surface area contributed by atoms with Gasteiger partial charge in [0.25, 0.3) is 0 Å². The van der Waals surface area contributed by atoms with E-state index in [2.05, 4.69) is 29.6 Å². The number of amides is 1. The van der Waals surface area contributed by atoms with E-state index < -0.39 is 8.07 Å². The van der Waals surface area contributed by atoms with Crippen molar-refractivity contribution in [2.45, 2.75) is 38.7 Å². The largest absolute Gasteiger partial charge is 0.450 e. The fourth-order valence-electron chi connectivity index (χ4n) is 1.98. The van der Waals surface area contributed by atoms with E-state index in [0.29, 0.717) is 26.1 Å². The molecule has 0 saturated heterocycles. The summed E-state index contributed by atoms with van der Waals surface area (Å²) in [5, 5.41) is 0.259. The molecule has 0 spiro atoms. The fraction of sp³-hybridized carbons (Fsp3) is 0.615. The molecule has 5 nitrogen and oxygen atoms in total. The van der Waals surface area contributed by atoms with Crippen LogP contribution >= 0.6 is 11.6 Å². The van der Waals surface area contributed by atoms with Crippen molar-refractivity contribution < 1.29 is 9.53 Å². The van der Waals surface area contributed by atoms with E-state index >= 15 is 0 Å². The van der Waals surface area contributed by atoms with Crippen LogP contribution in [0.15, 0.2) is 6.20 Å². The van der Waals surface area contributed by atoms with Crippen LogP contribution in [0.25, 0.3) is 0 Å². The van der Waals surface area contributed by atoms with Crippen molar-refractivity contribution in [1.82, 2.24) is 14.9 Å². The number of halogens is 1. The minimum absolute atomic E-state index is 0.246. The van der Waals surface area contributed by atoms with E-state index in [4.69, 9.17) is 16.3 Å². The maximum atomic E-state index is 12.0. The second-order valence-corrected chi connectivity index (χ2v) is 12.2. The summed E-state index contributed by atoms with van der Waals surface area (Å²) in [5.74, 6) is 0. The Hall–Kier alpha value is -1.14. The van der Waals surface area contributed by atoms with Crippen LogP contribution in [0.4, 0.5) is 4.79 Å². The molecule has 0 fully saturated rings. The average molecular weight is 314 g/mol. The van der Waals surface area contributed by atoms with Gasteiger partial charge in [0, 0.05) is 32.8 Å². The van der Waals surface area contributed by atoms with E-state index in [1.54, 1.807) is 11.1 Å². The first-order chi connectivity index (χ1) is 9.35. The van der Waals surface area contributed by atoms with Gasteiger partial charge in [0.1, 0.15) is 0 Å². The lowest BCUT2D eigenvalue weighted by molar-refractivity contribution is 0.102. The number of hydrogen-bond donors (Lipinski definition) is 0. The summed E-state index contributed by atoms with van der Waals surface area (Å²) >= 11 is 5.76. The average Bonchev–Trinajstić information content (AvgIpc) is 2.36. The Morgan fingerprint density at radius 3 is 2.95 bits per heavy atom. The van der Waals surface area contributed by atoms with Crippen molar-refractivity contribution in [3.63, 3.8) is 0 Å². The molecular formula is C13H20ClN3O2Si. The summed E-state index contributed by atoms with van der Waals surface area (Å²) in [5.41, 5.74) is 1.87. The number of aromatic nitrogens is 2. The molecule has 0 saturated carbocycles. The second-order valence-electron chi connectivity index (χ2n) is 6.21. The van der Waals surface area contributed by atoms with E-state index in [0.717, 1.165) is 17.3 Å². The highest BCUT2D eigenvalue weighted by Crippen LogP contribution is 2.18. The van der Waals surface area contributed by atoms with Gasteiger partial charge in [-0.05, 0) is 17.6 Å². The zero-order valence-electron chi connectivity index (χ0n) is 12.1. The van der Waals surface area contributed by atoms with Crippen LogP contribution in [0.3, 0.4) is 0 Å². The molecule has 0 atom stereocenters. The van der Waals surface area contributed by atoms with Crippen LogP contribution < -0.4 is 0 Å². The van der Waals surface area contributed by atoms with Gasteiger partial charge in [-0.15, -0.1) is 0 Å². The molecule has 0 radical (unpaired) electrons. The van der Waals surface area contributed by atoms with Crippen LogP contribution in [0, 0.1) is 0 Å². The minimum Gasteiger partial charge on any atom is -0.450 e. The molecular weight excluding hydrogens is 294 g/mol. The third kappa shape index (κ3) is 4.18. The van der Waals surface area contributed by atoms with Crippen molar-refractivity contribution in [3.05, 3.63) is 22.7 Å².